The first kappa shape index (κ1) is 26.7. The summed E-state index contributed by atoms with van der Waals surface area (Å²) in [7, 11) is 0. The van der Waals surface area contributed by atoms with E-state index in [2.05, 4.69) is 35.8 Å². The van der Waals surface area contributed by atoms with Crippen LogP contribution in [0.1, 0.15) is 11.3 Å². The summed E-state index contributed by atoms with van der Waals surface area (Å²) in [5, 5.41) is 14.2. The Balaban J connectivity index is 1.22. The Morgan fingerprint density at radius 1 is 0.949 bits per heavy atom. The highest BCUT2D eigenvalue weighted by atomic mass is 19.4. The van der Waals surface area contributed by atoms with E-state index >= 15 is 0 Å². The maximum atomic E-state index is 14.2. The molecule has 10 nitrogen and oxygen atoms in total. The largest absolute Gasteiger partial charge is 0.418 e. The van der Waals surface area contributed by atoms with E-state index in [1.54, 1.807) is 28.0 Å². The number of morpholine rings is 1. The van der Waals surface area contributed by atoms with Gasteiger partial charge >= 0.3 is 6.18 Å². The molecule has 0 unspecified atom stereocenters. The molecule has 5 rings (SSSR count). The normalized spacial score (nSPS) is 16.6. The average molecular weight is 546 g/mol. The Kier molecular flexibility index (Phi) is 8.12. The summed E-state index contributed by atoms with van der Waals surface area (Å²) >= 11 is 0. The number of hydrogen-bond acceptors (Lipinski definition) is 10. The first-order valence-electron chi connectivity index (χ1n) is 12.5. The Morgan fingerprint density at radius 2 is 1.72 bits per heavy atom. The number of alkyl halides is 3. The second kappa shape index (κ2) is 11.9. The van der Waals surface area contributed by atoms with Crippen molar-refractivity contribution in [3.63, 3.8) is 0 Å². The van der Waals surface area contributed by atoms with E-state index < -0.39 is 17.6 Å². The van der Waals surface area contributed by atoms with Crippen molar-refractivity contribution in [2.24, 2.45) is 10.2 Å². The number of azo groups is 1. The van der Waals surface area contributed by atoms with Gasteiger partial charge in [-0.05, 0) is 30.3 Å². The van der Waals surface area contributed by atoms with E-state index in [9.17, 15) is 17.6 Å². The molecule has 206 valence electrons. The summed E-state index contributed by atoms with van der Waals surface area (Å²) in [5.41, 5.74) is 0.898. The monoisotopic (exact) mass is 545 g/mol. The van der Waals surface area contributed by atoms with Crippen LogP contribution in [0.3, 0.4) is 0 Å². The standard InChI is InChI=1S/C25H27F4N9O/c26-21-16-32-24(35-23(21)38-9-11-39-12-10-38)36-33-15-18-1-2-19(14-31-18)34-17-3-4-22(20(13-17)25(27,28)29)37-7-5-30-6-8-37/h1-4,13-14,16,30,34H,5-12,15H2. The molecule has 0 atom stereocenters. The van der Waals surface area contributed by atoms with Crippen molar-refractivity contribution in [1.82, 2.24) is 20.3 Å². The van der Waals surface area contributed by atoms with E-state index in [1.165, 1.54) is 12.3 Å². The molecule has 0 amide bonds. The van der Waals surface area contributed by atoms with E-state index in [0.29, 0.717) is 69.6 Å². The average Bonchev–Trinajstić information content (AvgIpc) is 2.95. The summed E-state index contributed by atoms with van der Waals surface area (Å²) in [5.74, 6) is -0.354. The quantitative estimate of drug-likeness (QED) is 0.335. The van der Waals surface area contributed by atoms with Crippen molar-refractivity contribution in [3.05, 3.63) is 59.8 Å². The van der Waals surface area contributed by atoms with Crippen LogP contribution < -0.4 is 20.4 Å². The van der Waals surface area contributed by atoms with Crippen molar-refractivity contribution in [2.75, 3.05) is 67.6 Å². The molecule has 2 aliphatic heterocycles. The summed E-state index contributed by atoms with van der Waals surface area (Å²) in [6.07, 6.45) is -1.92. The highest BCUT2D eigenvalue weighted by Crippen LogP contribution is 2.39. The number of aromatic nitrogens is 3. The minimum atomic E-state index is -4.48. The number of hydrogen-bond donors (Lipinski definition) is 2. The summed E-state index contributed by atoms with van der Waals surface area (Å²) < 4.78 is 60.9. The molecule has 2 aliphatic rings. The van der Waals surface area contributed by atoms with Crippen LogP contribution in [-0.4, -0.2) is 67.4 Å². The van der Waals surface area contributed by atoms with Crippen LogP contribution in [-0.2, 0) is 17.5 Å². The Morgan fingerprint density at radius 3 is 2.44 bits per heavy atom. The molecule has 1 aromatic carbocycles. The van der Waals surface area contributed by atoms with Crippen LogP contribution in [0.15, 0.2) is 53.0 Å². The van der Waals surface area contributed by atoms with Crippen LogP contribution in [0, 0.1) is 5.82 Å². The fraction of sp³-hybridized carbons (Fsp3) is 0.400. The van der Waals surface area contributed by atoms with E-state index in [-0.39, 0.29) is 24.0 Å². The van der Waals surface area contributed by atoms with E-state index in [0.717, 1.165) is 12.3 Å². The topological polar surface area (TPSA) is 103 Å². The van der Waals surface area contributed by atoms with E-state index in [1.807, 2.05) is 0 Å². The highest BCUT2D eigenvalue weighted by Gasteiger charge is 2.35. The zero-order chi connectivity index (χ0) is 27.2. The molecule has 0 spiro atoms. The number of nitrogens with zero attached hydrogens (tertiary/aromatic N) is 7. The third-order valence-electron chi connectivity index (χ3n) is 6.29. The van der Waals surface area contributed by atoms with Gasteiger partial charge < -0.3 is 25.2 Å². The molecule has 2 N–H and O–H groups in total. The van der Waals surface area contributed by atoms with Gasteiger partial charge in [0.2, 0.25) is 0 Å². The number of piperazine rings is 1. The molecule has 0 bridgehead atoms. The van der Waals surface area contributed by atoms with Gasteiger partial charge in [-0.25, -0.2) is 9.37 Å². The molecule has 14 heteroatoms. The number of halogens is 4. The maximum Gasteiger partial charge on any atom is 0.418 e. The number of rotatable bonds is 7. The summed E-state index contributed by atoms with van der Waals surface area (Å²) in [4.78, 5) is 15.8. The number of nitrogens with one attached hydrogen (secondary N) is 2. The first-order chi connectivity index (χ1) is 18.9. The molecule has 0 saturated carbocycles. The van der Waals surface area contributed by atoms with Crippen LogP contribution in [0.5, 0.6) is 0 Å². The van der Waals surface area contributed by atoms with Crippen LogP contribution in [0.4, 0.5) is 46.4 Å². The molecule has 3 aromatic rings. The Hall–Kier alpha value is -3.91. The fourth-order valence-electron chi connectivity index (χ4n) is 4.35. The summed E-state index contributed by atoms with van der Waals surface area (Å²) in [6.45, 7) is 4.44. The van der Waals surface area contributed by atoms with E-state index in [4.69, 9.17) is 4.74 Å². The lowest BCUT2D eigenvalue weighted by Gasteiger charge is -2.31. The van der Waals surface area contributed by atoms with Gasteiger partial charge in [0.05, 0.1) is 42.6 Å². The number of anilines is 4. The Bertz CT molecular complexity index is 1290. The smallest absolute Gasteiger partial charge is 0.378 e. The molecule has 2 saturated heterocycles. The predicted octanol–water partition coefficient (Wildman–Crippen LogP) is 4.30. The molecule has 4 heterocycles. The molecule has 0 aliphatic carbocycles. The Labute approximate surface area is 222 Å². The van der Waals surface area contributed by atoms with Gasteiger partial charge in [-0.15, -0.1) is 5.11 Å². The molecule has 2 fully saturated rings. The number of pyridine rings is 1. The van der Waals surface area contributed by atoms with Crippen molar-refractivity contribution >= 4 is 28.8 Å². The zero-order valence-corrected chi connectivity index (χ0v) is 21.0. The van der Waals surface area contributed by atoms with Gasteiger partial charge in [-0.2, -0.15) is 23.3 Å². The SMILES string of the molecule is Fc1cnc(N=NCc2ccc(Nc3ccc(N4CCNCC4)c(C(F)(F)F)c3)cn2)nc1N1CCOCC1. The first-order valence-corrected chi connectivity index (χ1v) is 12.5. The second-order valence-electron chi connectivity index (χ2n) is 8.97. The van der Waals surface area contributed by atoms with Gasteiger partial charge in [0.1, 0.15) is 6.54 Å². The molecule has 0 radical (unpaired) electrons. The zero-order valence-electron chi connectivity index (χ0n) is 21.0. The maximum absolute atomic E-state index is 14.2. The van der Waals surface area contributed by atoms with Gasteiger partial charge in [-0.1, -0.05) is 0 Å². The number of benzene rings is 1. The van der Waals surface area contributed by atoms with Gasteiger partial charge in [-0.3, -0.25) is 4.98 Å². The van der Waals surface area contributed by atoms with Gasteiger partial charge in [0, 0.05) is 50.6 Å². The van der Waals surface area contributed by atoms with Crippen LogP contribution in [0.2, 0.25) is 0 Å². The van der Waals surface area contributed by atoms with Crippen LogP contribution in [0.25, 0.3) is 0 Å². The van der Waals surface area contributed by atoms with Crippen molar-refractivity contribution < 1.29 is 22.3 Å². The molecule has 2 aromatic heterocycles. The minimum Gasteiger partial charge on any atom is -0.378 e. The molecule has 39 heavy (non-hydrogen) atoms. The van der Waals surface area contributed by atoms with Crippen molar-refractivity contribution in [3.8, 4) is 0 Å². The second-order valence-corrected chi connectivity index (χ2v) is 8.97. The van der Waals surface area contributed by atoms with Gasteiger partial charge in [0.25, 0.3) is 5.95 Å². The molecular formula is C25H27F4N9O. The fourth-order valence-corrected chi connectivity index (χ4v) is 4.35. The minimum absolute atomic E-state index is 0.0286. The lowest BCUT2D eigenvalue weighted by atomic mass is 10.1. The third kappa shape index (κ3) is 6.75. The highest BCUT2D eigenvalue weighted by molar-refractivity contribution is 5.66. The lowest BCUT2D eigenvalue weighted by Crippen LogP contribution is -2.44. The van der Waals surface area contributed by atoms with Crippen LogP contribution >= 0.6 is 0 Å². The van der Waals surface area contributed by atoms with Gasteiger partial charge in [0.15, 0.2) is 11.6 Å². The summed E-state index contributed by atoms with van der Waals surface area (Å²) in [6, 6.07) is 7.63. The van der Waals surface area contributed by atoms with Crippen molar-refractivity contribution in [2.45, 2.75) is 12.7 Å². The predicted molar refractivity (Wildman–Crippen MR) is 137 cm³/mol. The molecular weight excluding hydrogens is 518 g/mol. The third-order valence-corrected chi connectivity index (χ3v) is 6.29. The lowest BCUT2D eigenvalue weighted by molar-refractivity contribution is -0.137. The van der Waals surface area contributed by atoms with Crippen molar-refractivity contribution in [1.29, 1.82) is 0 Å². The number of ether oxygens (including phenoxy) is 1.